The maximum Gasteiger partial charge on any atom is 0.394 e. The summed E-state index contributed by atoms with van der Waals surface area (Å²) >= 11 is 1.28. The predicted molar refractivity (Wildman–Crippen MR) is 48.5 cm³/mol. The zero-order chi connectivity index (χ0) is 10.3. The topological polar surface area (TPSA) is 80.6 Å². The van der Waals surface area contributed by atoms with E-state index in [0.29, 0.717) is 4.96 Å². The van der Waals surface area contributed by atoms with E-state index in [-0.39, 0.29) is 5.44 Å². The molecule has 0 saturated carbocycles. The first-order chi connectivity index (χ1) is 6.56. The van der Waals surface area contributed by atoms with Crippen molar-refractivity contribution in [3.63, 3.8) is 0 Å². The van der Waals surface area contributed by atoms with E-state index in [4.69, 9.17) is 0 Å². The first kappa shape index (κ1) is 9.72. The lowest BCUT2D eigenvalue weighted by Gasteiger charge is -2.01. The van der Waals surface area contributed by atoms with Crippen molar-refractivity contribution in [1.82, 2.24) is 14.9 Å². The molecule has 0 aliphatic rings. The lowest BCUT2D eigenvalue weighted by atomic mass is 11.0. The van der Waals surface area contributed by atoms with Crippen molar-refractivity contribution in [1.29, 1.82) is 0 Å². The molecule has 0 aliphatic heterocycles. The van der Waals surface area contributed by atoms with Gasteiger partial charge in [-0.05, 0) is 4.52 Å². The summed E-state index contributed by atoms with van der Waals surface area (Å²) < 4.78 is 18.8. The van der Waals surface area contributed by atoms with Crippen LogP contribution in [0.2, 0.25) is 0 Å². The number of hydrogen-bond acceptors (Lipinski definition) is 5. The number of tetrazole rings is 1. The normalized spacial score (nSPS) is 15.9. The molecule has 0 spiro atoms. The van der Waals surface area contributed by atoms with Gasteiger partial charge >= 0.3 is 12.6 Å². The Hall–Kier alpha value is -0.820. The van der Waals surface area contributed by atoms with Gasteiger partial charge in [-0.25, -0.2) is 0 Å². The first-order valence-corrected chi connectivity index (χ1v) is 6.10. The van der Waals surface area contributed by atoms with Crippen LogP contribution in [0.5, 0.6) is 0 Å². The molecule has 7 nitrogen and oxygen atoms in total. The molecule has 0 radical (unpaired) electrons. The summed E-state index contributed by atoms with van der Waals surface area (Å²) in [6, 6.07) is 0. The number of hydrogen-bond donors (Lipinski definition) is 1. The van der Waals surface area contributed by atoms with E-state index in [9.17, 15) is 9.46 Å². The highest BCUT2D eigenvalue weighted by Crippen LogP contribution is 2.39. The Morgan fingerprint density at radius 3 is 3.14 bits per heavy atom. The van der Waals surface area contributed by atoms with Crippen molar-refractivity contribution < 1.29 is 18.7 Å². The fraction of sp³-hybridized carbons (Fsp3) is 0.400. The van der Waals surface area contributed by atoms with E-state index in [2.05, 4.69) is 15.0 Å². The highest BCUT2D eigenvalue weighted by molar-refractivity contribution is 7.61. The van der Waals surface area contributed by atoms with Crippen LogP contribution in [0, 0.1) is 0 Å². The van der Waals surface area contributed by atoms with Crippen molar-refractivity contribution in [3.8, 4) is 0 Å². The fourth-order valence-electron chi connectivity index (χ4n) is 1.02. The first-order valence-electron chi connectivity index (χ1n) is 3.64. The SMILES string of the molecule is COP(=O)(O)c1csc2n1nn[n+]2C. The van der Waals surface area contributed by atoms with Gasteiger partial charge in [0.25, 0.3) is 0 Å². The summed E-state index contributed by atoms with van der Waals surface area (Å²) in [5.74, 6) is 0. The number of aryl methyl sites for hydroxylation is 1. The molecule has 2 aromatic rings. The molecular formula is C5H8N4O3PS+. The van der Waals surface area contributed by atoms with E-state index in [1.807, 2.05) is 0 Å². The molecule has 0 aliphatic carbocycles. The van der Waals surface area contributed by atoms with Crippen LogP contribution in [-0.2, 0) is 16.1 Å². The van der Waals surface area contributed by atoms with E-state index >= 15 is 0 Å². The molecule has 9 heteroatoms. The van der Waals surface area contributed by atoms with Crippen LogP contribution in [-0.4, -0.2) is 26.9 Å². The maximum atomic E-state index is 11.5. The van der Waals surface area contributed by atoms with Crippen LogP contribution in [0.4, 0.5) is 0 Å². The van der Waals surface area contributed by atoms with Gasteiger partial charge in [-0.15, -0.1) is 4.68 Å². The van der Waals surface area contributed by atoms with Gasteiger partial charge in [0.1, 0.15) is 5.21 Å². The summed E-state index contributed by atoms with van der Waals surface area (Å²) in [4.78, 5) is 10.1. The third-order valence-corrected chi connectivity index (χ3v) is 4.30. The maximum absolute atomic E-state index is 11.5. The standard InChI is InChI=1S/C5H7N4O3PS/c1-8-5-9(7-6-8)4(3-14-5)13(10,11)12-2/h3H,1-2H3/p+1. The van der Waals surface area contributed by atoms with Crippen LogP contribution < -0.4 is 10.1 Å². The Morgan fingerprint density at radius 1 is 1.79 bits per heavy atom. The van der Waals surface area contributed by atoms with Crippen molar-refractivity contribution >= 4 is 29.3 Å². The van der Waals surface area contributed by atoms with E-state index in [1.54, 1.807) is 7.05 Å². The molecule has 0 saturated heterocycles. The number of aromatic nitrogens is 4. The summed E-state index contributed by atoms with van der Waals surface area (Å²) in [5.41, 5.74) is 0.133. The van der Waals surface area contributed by atoms with Gasteiger partial charge in [-0.2, -0.15) is 0 Å². The Kier molecular flexibility index (Phi) is 2.15. The van der Waals surface area contributed by atoms with Gasteiger partial charge in [0.2, 0.25) is 5.44 Å². The van der Waals surface area contributed by atoms with Crippen LogP contribution in [0.3, 0.4) is 0 Å². The Labute approximate surface area is 83.1 Å². The second kappa shape index (κ2) is 3.09. The highest BCUT2D eigenvalue weighted by atomic mass is 32.1. The lowest BCUT2D eigenvalue weighted by molar-refractivity contribution is -0.705. The van der Waals surface area contributed by atoms with Crippen LogP contribution in [0.15, 0.2) is 5.38 Å². The molecule has 0 fully saturated rings. The van der Waals surface area contributed by atoms with E-state index < -0.39 is 7.60 Å². The van der Waals surface area contributed by atoms with Crippen LogP contribution in [0.25, 0.3) is 4.96 Å². The minimum Gasteiger partial charge on any atom is -0.319 e. The Morgan fingerprint density at radius 2 is 2.50 bits per heavy atom. The molecule has 2 aromatic heterocycles. The second-order valence-corrected chi connectivity index (χ2v) is 5.29. The fourth-order valence-corrected chi connectivity index (χ4v) is 3.07. The van der Waals surface area contributed by atoms with Crippen molar-refractivity contribution in [2.24, 2.45) is 7.05 Å². The third-order valence-electron chi connectivity index (χ3n) is 1.75. The largest absolute Gasteiger partial charge is 0.394 e. The molecule has 76 valence electrons. The summed E-state index contributed by atoms with van der Waals surface area (Å²) in [7, 11) is -0.865. The molecule has 2 heterocycles. The smallest absolute Gasteiger partial charge is 0.319 e. The minimum atomic E-state index is -3.75. The second-order valence-electron chi connectivity index (χ2n) is 2.59. The summed E-state index contributed by atoms with van der Waals surface area (Å²) in [6.07, 6.45) is 0. The molecule has 0 aromatic carbocycles. The van der Waals surface area contributed by atoms with Crippen molar-refractivity contribution in [3.05, 3.63) is 5.38 Å². The molecule has 1 N–H and O–H groups in total. The molecule has 0 bridgehead atoms. The van der Waals surface area contributed by atoms with E-state index in [1.165, 1.54) is 33.0 Å². The van der Waals surface area contributed by atoms with Gasteiger partial charge in [0, 0.05) is 12.5 Å². The van der Waals surface area contributed by atoms with Gasteiger partial charge in [0.05, 0.1) is 7.05 Å². The van der Waals surface area contributed by atoms with Crippen molar-refractivity contribution in [2.75, 3.05) is 7.11 Å². The van der Waals surface area contributed by atoms with Crippen LogP contribution >= 0.6 is 18.9 Å². The van der Waals surface area contributed by atoms with Gasteiger partial charge < -0.3 is 9.42 Å². The number of fused-ring (bicyclic) bond motifs is 1. The molecule has 2 rings (SSSR count). The van der Waals surface area contributed by atoms with E-state index in [0.717, 1.165) is 0 Å². The monoisotopic (exact) mass is 235 g/mol. The average Bonchev–Trinajstić information content (AvgIpc) is 2.69. The molecule has 1 unspecified atom stereocenters. The molecule has 14 heavy (non-hydrogen) atoms. The quantitative estimate of drug-likeness (QED) is 0.537. The van der Waals surface area contributed by atoms with Gasteiger partial charge in [-0.1, -0.05) is 11.3 Å². The number of nitrogens with zero attached hydrogens (tertiary/aromatic N) is 4. The van der Waals surface area contributed by atoms with Gasteiger partial charge in [-0.3, -0.25) is 4.57 Å². The molecule has 0 amide bonds. The third kappa shape index (κ3) is 1.27. The van der Waals surface area contributed by atoms with Gasteiger partial charge in [0.15, 0.2) is 5.21 Å². The predicted octanol–water partition coefficient (Wildman–Crippen LogP) is -0.928. The number of thiazole rings is 1. The molecule has 1 atom stereocenters. The Bertz CT molecular complexity index is 520. The zero-order valence-corrected chi connectivity index (χ0v) is 9.20. The van der Waals surface area contributed by atoms with Crippen molar-refractivity contribution in [2.45, 2.75) is 0 Å². The summed E-state index contributed by atoms with van der Waals surface area (Å²) in [5, 5.41) is 8.97. The lowest BCUT2D eigenvalue weighted by Crippen LogP contribution is -2.29. The summed E-state index contributed by atoms with van der Waals surface area (Å²) in [6.45, 7) is 0. The minimum absolute atomic E-state index is 0.133. The molecular weight excluding hydrogens is 227 g/mol. The Balaban J connectivity index is 2.70. The van der Waals surface area contributed by atoms with Crippen LogP contribution in [0.1, 0.15) is 0 Å². The number of rotatable bonds is 2. The average molecular weight is 235 g/mol. The zero-order valence-electron chi connectivity index (χ0n) is 7.49. The highest BCUT2D eigenvalue weighted by Gasteiger charge is 2.32.